The van der Waals surface area contributed by atoms with Crippen LogP contribution in [0.2, 0.25) is 0 Å². The highest BCUT2D eigenvalue weighted by molar-refractivity contribution is 7.98. The van der Waals surface area contributed by atoms with Crippen LogP contribution in [0.5, 0.6) is 5.75 Å². The second kappa shape index (κ2) is 15.3. The molecule has 1 aromatic rings. The van der Waals surface area contributed by atoms with E-state index in [9.17, 15) is 39.0 Å². The summed E-state index contributed by atoms with van der Waals surface area (Å²) in [7, 11) is 0. The molecule has 0 aromatic heterocycles. The molecule has 0 aliphatic rings. The quantitative estimate of drug-likeness (QED) is 0.119. The molecule has 4 atom stereocenters. The molecule has 9 N–H and O–H groups in total. The fraction of sp³-hybridized carbons (Fsp3) is 0.455. The van der Waals surface area contributed by atoms with Crippen molar-refractivity contribution >= 4 is 47.4 Å². The number of nitrogens with two attached hydrogens (primary N) is 1. The van der Waals surface area contributed by atoms with Crippen molar-refractivity contribution in [1.29, 1.82) is 0 Å². The Bertz CT molecular complexity index is 988. The van der Waals surface area contributed by atoms with Gasteiger partial charge in [0.15, 0.2) is 0 Å². The first-order valence-corrected chi connectivity index (χ1v) is 12.3. The third-order valence-electron chi connectivity index (χ3n) is 4.98. The van der Waals surface area contributed by atoms with E-state index in [-0.39, 0.29) is 18.6 Å². The molecular weight excluding hydrogens is 512 g/mol. The van der Waals surface area contributed by atoms with Crippen LogP contribution in [0.15, 0.2) is 24.3 Å². The number of nitrogens with one attached hydrogen (secondary N) is 3. The number of aliphatic carboxylic acids is 3. The van der Waals surface area contributed by atoms with E-state index in [4.69, 9.17) is 15.9 Å². The van der Waals surface area contributed by atoms with Gasteiger partial charge in [0.05, 0.1) is 18.9 Å². The Kier molecular flexibility index (Phi) is 12.9. The van der Waals surface area contributed by atoms with Gasteiger partial charge in [-0.05, 0) is 42.5 Å². The van der Waals surface area contributed by atoms with Crippen LogP contribution in [-0.2, 0) is 35.2 Å². The number of benzene rings is 1. The Morgan fingerprint density at radius 3 is 1.70 bits per heavy atom. The van der Waals surface area contributed by atoms with E-state index in [2.05, 4.69) is 16.0 Å². The number of phenols is 1. The number of hydrogen-bond donors (Lipinski definition) is 8. The highest BCUT2D eigenvalue weighted by Gasteiger charge is 2.32. The normalized spacial score (nSPS) is 13.9. The molecule has 0 heterocycles. The Morgan fingerprint density at radius 1 is 0.811 bits per heavy atom. The van der Waals surface area contributed by atoms with E-state index in [0.29, 0.717) is 11.3 Å². The second-order valence-electron chi connectivity index (χ2n) is 7.98. The Balaban J connectivity index is 2.97. The van der Waals surface area contributed by atoms with Crippen molar-refractivity contribution in [1.82, 2.24) is 16.0 Å². The van der Waals surface area contributed by atoms with E-state index >= 15 is 0 Å². The summed E-state index contributed by atoms with van der Waals surface area (Å²) in [5.41, 5.74) is 6.43. The maximum Gasteiger partial charge on any atom is 0.326 e. The number of thioether (sulfide) groups is 1. The summed E-state index contributed by atoms with van der Waals surface area (Å²) >= 11 is 1.33. The van der Waals surface area contributed by atoms with Crippen LogP contribution in [0, 0.1) is 0 Å². The first-order chi connectivity index (χ1) is 17.3. The van der Waals surface area contributed by atoms with E-state index in [1.807, 2.05) is 0 Å². The topological polar surface area (TPSA) is 245 Å². The van der Waals surface area contributed by atoms with Crippen molar-refractivity contribution in [2.45, 2.75) is 49.9 Å². The molecule has 0 aliphatic carbocycles. The zero-order valence-corrected chi connectivity index (χ0v) is 20.7. The maximum absolute atomic E-state index is 12.8. The molecule has 0 saturated carbocycles. The molecule has 204 valence electrons. The van der Waals surface area contributed by atoms with E-state index in [1.54, 1.807) is 6.26 Å². The van der Waals surface area contributed by atoms with E-state index in [1.165, 1.54) is 36.0 Å². The van der Waals surface area contributed by atoms with Gasteiger partial charge in [-0.2, -0.15) is 11.8 Å². The molecule has 1 aromatic carbocycles. The lowest BCUT2D eigenvalue weighted by Gasteiger charge is -2.24. The smallest absolute Gasteiger partial charge is 0.326 e. The van der Waals surface area contributed by atoms with Gasteiger partial charge < -0.3 is 42.1 Å². The summed E-state index contributed by atoms with van der Waals surface area (Å²) in [6.07, 6.45) is -0.0879. The van der Waals surface area contributed by atoms with E-state index < -0.39 is 72.6 Å². The monoisotopic (exact) mass is 542 g/mol. The summed E-state index contributed by atoms with van der Waals surface area (Å²) in [6, 6.07) is -0.230. The standard InChI is InChI=1S/C22H30N4O10S/c1-37-7-6-14(22(35)36)24-20(33)16(10-18(30)31)26-21(34)15(9-17(28)29)25-19(32)13(23)8-11-2-4-12(27)5-3-11/h2-5,13-16,27H,6-10,23H2,1H3,(H,24,33)(H,25,32)(H,26,34)(H,28,29)(H,30,31)(H,35,36). The van der Waals surface area contributed by atoms with Crippen LogP contribution in [0.25, 0.3) is 0 Å². The molecule has 0 radical (unpaired) electrons. The minimum Gasteiger partial charge on any atom is -0.508 e. The molecule has 14 nitrogen and oxygen atoms in total. The lowest BCUT2D eigenvalue weighted by atomic mass is 10.0. The lowest BCUT2D eigenvalue weighted by Crippen LogP contribution is -2.58. The average Bonchev–Trinajstić information content (AvgIpc) is 2.81. The summed E-state index contributed by atoms with van der Waals surface area (Å²) < 4.78 is 0. The number of rotatable bonds is 16. The number of carboxylic acids is 3. The largest absolute Gasteiger partial charge is 0.508 e. The van der Waals surface area contributed by atoms with Gasteiger partial charge in [-0.25, -0.2) is 4.79 Å². The van der Waals surface area contributed by atoms with Crippen molar-refractivity contribution in [2.75, 3.05) is 12.0 Å². The minimum absolute atomic E-state index is 0.00107. The van der Waals surface area contributed by atoms with Gasteiger partial charge in [0.2, 0.25) is 17.7 Å². The predicted molar refractivity (Wildman–Crippen MR) is 131 cm³/mol. The van der Waals surface area contributed by atoms with Crippen molar-refractivity contribution in [3.05, 3.63) is 29.8 Å². The van der Waals surface area contributed by atoms with E-state index in [0.717, 1.165) is 0 Å². The zero-order valence-electron chi connectivity index (χ0n) is 19.9. The van der Waals surface area contributed by atoms with Crippen molar-refractivity contribution in [2.24, 2.45) is 5.73 Å². The zero-order chi connectivity index (χ0) is 28.1. The number of phenolic OH excluding ortho intramolecular Hbond substituents is 1. The molecule has 3 amide bonds. The van der Waals surface area contributed by atoms with Crippen LogP contribution in [-0.4, -0.2) is 92.2 Å². The number of amides is 3. The third kappa shape index (κ3) is 11.6. The van der Waals surface area contributed by atoms with Gasteiger partial charge in [0.25, 0.3) is 0 Å². The predicted octanol–water partition coefficient (Wildman–Crippen LogP) is -1.50. The first-order valence-electron chi connectivity index (χ1n) is 10.9. The van der Waals surface area contributed by atoms with Gasteiger partial charge in [-0.15, -0.1) is 0 Å². The summed E-state index contributed by atoms with van der Waals surface area (Å²) in [6.45, 7) is 0. The Morgan fingerprint density at radius 2 is 1.27 bits per heavy atom. The number of carbonyl (C=O) groups excluding carboxylic acids is 3. The van der Waals surface area contributed by atoms with Gasteiger partial charge in [-0.3, -0.25) is 24.0 Å². The van der Waals surface area contributed by atoms with Crippen LogP contribution < -0.4 is 21.7 Å². The van der Waals surface area contributed by atoms with Crippen molar-refractivity contribution in [3.63, 3.8) is 0 Å². The van der Waals surface area contributed by atoms with Gasteiger partial charge in [0, 0.05) is 0 Å². The average molecular weight is 543 g/mol. The minimum atomic E-state index is -1.75. The van der Waals surface area contributed by atoms with Crippen LogP contribution >= 0.6 is 11.8 Å². The highest BCUT2D eigenvalue weighted by atomic mass is 32.2. The summed E-state index contributed by atoms with van der Waals surface area (Å²) in [5, 5.41) is 43.4. The fourth-order valence-corrected chi connectivity index (χ4v) is 3.53. The third-order valence-corrected chi connectivity index (χ3v) is 5.62. The second-order valence-corrected chi connectivity index (χ2v) is 8.96. The number of hydrogen-bond acceptors (Lipinski definition) is 9. The SMILES string of the molecule is CSCCC(NC(=O)C(CC(=O)O)NC(=O)C(CC(=O)O)NC(=O)C(N)Cc1ccc(O)cc1)C(=O)O. The number of carboxylic acid groups (broad SMARTS) is 3. The van der Waals surface area contributed by atoms with Gasteiger partial charge in [0.1, 0.15) is 23.9 Å². The lowest BCUT2D eigenvalue weighted by molar-refractivity contribution is -0.145. The fourth-order valence-electron chi connectivity index (χ4n) is 3.06. The molecule has 1 rings (SSSR count). The Labute approximate surface area is 216 Å². The Hall–Kier alpha value is -3.85. The molecule has 0 fully saturated rings. The maximum atomic E-state index is 12.8. The van der Waals surface area contributed by atoms with Gasteiger partial charge >= 0.3 is 17.9 Å². The highest BCUT2D eigenvalue weighted by Crippen LogP contribution is 2.11. The summed E-state index contributed by atoms with van der Waals surface area (Å²) in [5.74, 6) is -7.12. The molecule has 15 heteroatoms. The summed E-state index contributed by atoms with van der Waals surface area (Å²) in [4.78, 5) is 71.8. The number of aromatic hydroxyl groups is 1. The first kappa shape index (κ1) is 31.2. The molecule has 4 unspecified atom stereocenters. The number of carbonyl (C=O) groups is 6. The van der Waals surface area contributed by atoms with Crippen molar-refractivity contribution < 1.29 is 49.2 Å². The molecule has 37 heavy (non-hydrogen) atoms. The van der Waals surface area contributed by atoms with Crippen LogP contribution in [0.4, 0.5) is 0 Å². The van der Waals surface area contributed by atoms with Crippen LogP contribution in [0.3, 0.4) is 0 Å². The molecular formula is C22H30N4O10S. The molecule has 0 bridgehead atoms. The van der Waals surface area contributed by atoms with Gasteiger partial charge in [-0.1, -0.05) is 12.1 Å². The van der Waals surface area contributed by atoms with Crippen LogP contribution in [0.1, 0.15) is 24.8 Å². The molecule has 0 saturated heterocycles. The van der Waals surface area contributed by atoms with Crippen molar-refractivity contribution in [3.8, 4) is 5.75 Å². The molecule has 0 aliphatic heterocycles. The molecule has 0 spiro atoms.